The molecule has 0 atom stereocenters. The molecule has 3 fully saturated rings. The Balaban J connectivity index is 2.02. The summed E-state index contributed by atoms with van der Waals surface area (Å²) in [4.78, 5) is 2.50. The fourth-order valence-electron chi connectivity index (χ4n) is 3.61. The maximum absolute atomic E-state index is 3.56. The zero-order valence-corrected chi connectivity index (χ0v) is 7.69. The van der Waals surface area contributed by atoms with E-state index in [4.69, 9.17) is 0 Å². The van der Waals surface area contributed by atoms with Gasteiger partial charge in [0, 0.05) is 50.1 Å². The Morgan fingerprint density at radius 2 is 1.33 bits per heavy atom. The van der Waals surface area contributed by atoms with Crippen molar-refractivity contribution in [2.75, 3.05) is 46.3 Å². The molecule has 0 radical (unpaired) electrons. The molecule has 68 valence electrons. The molecular formula is C9H17N3. The van der Waals surface area contributed by atoms with Gasteiger partial charge >= 0.3 is 0 Å². The van der Waals surface area contributed by atoms with Gasteiger partial charge in [-0.05, 0) is 7.05 Å². The van der Waals surface area contributed by atoms with Crippen molar-refractivity contribution in [2.24, 2.45) is 10.8 Å². The van der Waals surface area contributed by atoms with Crippen molar-refractivity contribution in [3.8, 4) is 0 Å². The van der Waals surface area contributed by atoms with Gasteiger partial charge in [0.25, 0.3) is 0 Å². The molecule has 0 aromatic carbocycles. The van der Waals surface area contributed by atoms with Gasteiger partial charge in [-0.2, -0.15) is 0 Å². The molecule has 0 spiro atoms. The maximum atomic E-state index is 3.56. The van der Waals surface area contributed by atoms with E-state index in [-0.39, 0.29) is 0 Å². The number of likely N-dealkylation sites (tertiary alicyclic amines) is 1. The van der Waals surface area contributed by atoms with E-state index in [0.29, 0.717) is 10.8 Å². The SMILES string of the molecule is CN1CC23CNCC2(CNC3)C1. The third kappa shape index (κ3) is 0.640. The van der Waals surface area contributed by atoms with Gasteiger partial charge in [-0.25, -0.2) is 0 Å². The summed E-state index contributed by atoms with van der Waals surface area (Å²) in [5.41, 5.74) is 1.14. The van der Waals surface area contributed by atoms with Crippen molar-refractivity contribution in [3.05, 3.63) is 0 Å². The maximum Gasteiger partial charge on any atom is 0.0172 e. The van der Waals surface area contributed by atoms with Crippen LogP contribution in [-0.2, 0) is 0 Å². The lowest BCUT2D eigenvalue weighted by Crippen LogP contribution is -2.38. The van der Waals surface area contributed by atoms with Crippen LogP contribution in [0.3, 0.4) is 0 Å². The minimum atomic E-state index is 0.571. The molecule has 3 saturated heterocycles. The quantitative estimate of drug-likeness (QED) is 0.490. The Labute approximate surface area is 73.5 Å². The molecule has 0 bridgehead atoms. The lowest BCUT2D eigenvalue weighted by Gasteiger charge is -2.29. The van der Waals surface area contributed by atoms with Crippen molar-refractivity contribution < 1.29 is 0 Å². The summed E-state index contributed by atoms with van der Waals surface area (Å²) in [6, 6.07) is 0. The summed E-state index contributed by atoms with van der Waals surface area (Å²) in [6.45, 7) is 7.48. The highest BCUT2D eigenvalue weighted by atomic mass is 15.2. The van der Waals surface area contributed by atoms with Crippen LogP contribution in [-0.4, -0.2) is 51.2 Å². The second-order valence-corrected chi connectivity index (χ2v) is 4.94. The van der Waals surface area contributed by atoms with Gasteiger partial charge in [-0.3, -0.25) is 0 Å². The van der Waals surface area contributed by atoms with E-state index in [1.807, 2.05) is 0 Å². The highest BCUT2D eigenvalue weighted by Crippen LogP contribution is 2.50. The molecule has 12 heavy (non-hydrogen) atoms. The van der Waals surface area contributed by atoms with Crippen LogP contribution in [0.15, 0.2) is 0 Å². The molecule has 3 aliphatic heterocycles. The zero-order chi connectivity index (χ0) is 8.23. The molecule has 0 amide bonds. The van der Waals surface area contributed by atoms with E-state index in [1.54, 1.807) is 0 Å². The summed E-state index contributed by atoms with van der Waals surface area (Å²) in [7, 11) is 2.26. The van der Waals surface area contributed by atoms with Gasteiger partial charge in [0.15, 0.2) is 0 Å². The largest absolute Gasteiger partial charge is 0.315 e. The third-order valence-electron chi connectivity index (χ3n) is 4.12. The normalized spacial score (nSPS) is 52.8. The highest BCUT2D eigenvalue weighted by molar-refractivity contribution is 5.17. The van der Waals surface area contributed by atoms with Gasteiger partial charge in [-0.1, -0.05) is 0 Å². The second kappa shape index (κ2) is 2.03. The first-order valence-corrected chi connectivity index (χ1v) is 4.87. The minimum Gasteiger partial charge on any atom is -0.315 e. The molecule has 3 aliphatic rings. The smallest absolute Gasteiger partial charge is 0.0172 e. The van der Waals surface area contributed by atoms with Crippen molar-refractivity contribution in [1.82, 2.24) is 15.5 Å². The van der Waals surface area contributed by atoms with E-state index < -0.39 is 0 Å². The lowest BCUT2D eigenvalue weighted by atomic mass is 9.71. The Morgan fingerprint density at radius 1 is 0.917 bits per heavy atom. The molecule has 3 heterocycles. The fraction of sp³-hybridized carbons (Fsp3) is 1.00. The summed E-state index contributed by atoms with van der Waals surface area (Å²) in [5.74, 6) is 0. The summed E-state index contributed by atoms with van der Waals surface area (Å²) >= 11 is 0. The van der Waals surface area contributed by atoms with Crippen LogP contribution in [0, 0.1) is 10.8 Å². The molecule has 0 unspecified atom stereocenters. The molecule has 2 N–H and O–H groups in total. The van der Waals surface area contributed by atoms with Crippen molar-refractivity contribution in [3.63, 3.8) is 0 Å². The van der Waals surface area contributed by atoms with Crippen LogP contribution in [0.5, 0.6) is 0 Å². The molecule has 3 heteroatoms. The minimum absolute atomic E-state index is 0.571. The first-order valence-electron chi connectivity index (χ1n) is 4.87. The van der Waals surface area contributed by atoms with Crippen LogP contribution in [0.2, 0.25) is 0 Å². The van der Waals surface area contributed by atoms with Gasteiger partial charge in [-0.15, -0.1) is 0 Å². The van der Waals surface area contributed by atoms with Gasteiger partial charge in [0.2, 0.25) is 0 Å². The Hall–Kier alpha value is -0.120. The lowest BCUT2D eigenvalue weighted by molar-refractivity contribution is 0.241. The van der Waals surface area contributed by atoms with E-state index in [2.05, 4.69) is 22.6 Å². The van der Waals surface area contributed by atoms with Gasteiger partial charge in [0.05, 0.1) is 0 Å². The van der Waals surface area contributed by atoms with Crippen LogP contribution in [0.25, 0.3) is 0 Å². The zero-order valence-electron chi connectivity index (χ0n) is 7.69. The van der Waals surface area contributed by atoms with E-state index in [9.17, 15) is 0 Å². The number of rotatable bonds is 0. The monoisotopic (exact) mass is 167 g/mol. The molecule has 0 aliphatic carbocycles. The van der Waals surface area contributed by atoms with E-state index >= 15 is 0 Å². The summed E-state index contributed by atoms with van der Waals surface area (Å²) in [5, 5.41) is 7.12. The topological polar surface area (TPSA) is 27.3 Å². The molecular weight excluding hydrogens is 150 g/mol. The first kappa shape index (κ1) is 7.30. The Morgan fingerprint density at radius 3 is 1.75 bits per heavy atom. The molecule has 0 aromatic heterocycles. The number of nitrogens with zero attached hydrogens (tertiary/aromatic N) is 1. The third-order valence-corrected chi connectivity index (χ3v) is 4.12. The van der Waals surface area contributed by atoms with Crippen molar-refractivity contribution in [1.29, 1.82) is 0 Å². The first-order chi connectivity index (χ1) is 5.77. The van der Waals surface area contributed by atoms with E-state index in [1.165, 1.54) is 39.3 Å². The predicted molar refractivity (Wildman–Crippen MR) is 48.1 cm³/mol. The van der Waals surface area contributed by atoms with E-state index in [0.717, 1.165) is 0 Å². The Bertz CT molecular complexity index is 184. The molecule has 0 saturated carbocycles. The van der Waals surface area contributed by atoms with Crippen LogP contribution < -0.4 is 10.6 Å². The number of hydrogen-bond acceptors (Lipinski definition) is 3. The van der Waals surface area contributed by atoms with Crippen molar-refractivity contribution in [2.45, 2.75) is 0 Å². The van der Waals surface area contributed by atoms with Crippen LogP contribution >= 0.6 is 0 Å². The number of hydrogen-bond donors (Lipinski definition) is 2. The van der Waals surface area contributed by atoms with Crippen LogP contribution in [0.4, 0.5) is 0 Å². The molecule has 3 rings (SSSR count). The summed E-state index contributed by atoms with van der Waals surface area (Å²) < 4.78 is 0. The Kier molecular flexibility index (Phi) is 1.23. The van der Waals surface area contributed by atoms with Crippen molar-refractivity contribution >= 4 is 0 Å². The second-order valence-electron chi connectivity index (χ2n) is 4.94. The molecule has 0 aromatic rings. The van der Waals surface area contributed by atoms with Gasteiger partial charge < -0.3 is 15.5 Å². The van der Waals surface area contributed by atoms with Gasteiger partial charge in [0.1, 0.15) is 0 Å². The average Bonchev–Trinajstić information content (AvgIpc) is 2.44. The summed E-state index contributed by atoms with van der Waals surface area (Å²) in [6.07, 6.45) is 0. The standard InChI is InChI=1S/C9H17N3/c1-12-6-8-2-10-4-9(8,7-12)5-11-3-8/h10-11H,2-7H2,1H3. The fourth-order valence-corrected chi connectivity index (χ4v) is 3.61. The molecule has 3 nitrogen and oxygen atoms in total. The number of nitrogens with one attached hydrogen (secondary N) is 2. The average molecular weight is 167 g/mol. The predicted octanol–water partition coefficient (Wildman–Crippen LogP) is -0.889. The van der Waals surface area contributed by atoms with Crippen LogP contribution in [0.1, 0.15) is 0 Å². The highest BCUT2D eigenvalue weighted by Gasteiger charge is 2.62.